The second kappa shape index (κ2) is 10.2. The number of hydrogen-bond acceptors (Lipinski definition) is 3. The Bertz CT molecular complexity index is 986. The lowest BCUT2D eigenvalue weighted by molar-refractivity contribution is -0.261. The summed E-state index contributed by atoms with van der Waals surface area (Å²) in [5, 5.41) is 17.5. The maximum atomic E-state index is 13.8. The molecule has 5 nitrogen and oxygen atoms in total. The van der Waals surface area contributed by atoms with Crippen LogP contribution in [0.15, 0.2) is 42.5 Å². The van der Waals surface area contributed by atoms with Crippen molar-refractivity contribution in [1.29, 1.82) is 0 Å². The monoisotopic (exact) mass is 517 g/mol. The van der Waals surface area contributed by atoms with Crippen molar-refractivity contribution in [3.8, 4) is 0 Å². The van der Waals surface area contributed by atoms with Gasteiger partial charge in [-0.3, -0.25) is 0 Å². The van der Waals surface area contributed by atoms with Crippen molar-refractivity contribution < 1.29 is 49.4 Å². The van der Waals surface area contributed by atoms with Crippen LogP contribution >= 0.6 is 0 Å². The van der Waals surface area contributed by atoms with Gasteiger partial charge in [-0.2, -0.15) is 39.5 Å². The smallest absolute Gasteiger partial charge is 0.381 e. The molecule has 0 bridgehead atoms. The molecule has 2 amide bonds. The summed E-state index contributed by atoms with van der Waals surface area (Å²) in [6, 6.07) is 4.23. The highest BCUT2D eigenvalue weighted by Crippen LogP contribution is 2.44. The Morgan fingerprint density at radius 2 is 1.29 bits per heavy atom. The number of aliphatic hydroxyl groups is 1. The number of halogens is 9. The number of carbonyl (C=O) groups excluding carboxylic acids is 1. The standard InChI is InChI=1S/C21H20F9N3O2/c1-2-31-17(34)32-10-12-3-5-16(6-4-12)33-11-18(35,21(28,29)30)13-7-14(19(22,23)24)9-15(8-13)20(25,26)27/h3-9,33,35H,2,10-11H2,1H3,(H2,31,32,34)/t18-/m1/s1. The van der Waals surface area contributed by atoms with E-state index in [1.54, 1.807) is 6.92 Å². The summed E-state index contributed by atoms with van der Waals surface area (Å²) in [6.07, 6.45) is -16.4. The Morgan fingerprint density at radius 1 is 0.800 bits per heavy atom. The normalized spacial score (nSPS) is 14.3. The van der Waals surface area contributed by atoms with Gasteiger partial charge < -0.3 is 21.1 Å². The molecule has 0 aliphatic carbocycles. The summed E-state index contributed by atoms with van der Waals surface area (Å²) in [6.45, 7) is 0.674. The van der Waals surface area contributed by atoms with Crippen molar-refractivity contribution in [2.45, 2.75) is 37.6 Å². The first-order valence-electron chi connectivity index (χ1n) is 9.91. The Balaban J connectivity index is 2.33. The number of nitrogens with one attached hydrogen (secondary N) is 3. The highest BCUT2D eigenvalue weighted by Gasteiger charge is 2.56. The number of anilines is 1. The molecular formula is C21H20F9N3O2. The third kappa shape index (κ3) is 7.16. The fraction of sp³-hybridized carbons (Fsp3) is 0.381. The van der Waals surface area contributed by atoms with Gasteiger partial charge in [-0.25, -0.2) is 4.79 Å². The number of carbonyl (C=O) groups is 1. The zero-order chi connectivity index (χ0) is 26.7. The lowest BCUT2D eigenvalue weighted by atomic mass is 9.89. The van der Waals surface area contributed by atoms with Crippen LogP contribution in [0.5, 0.6) is 0 Å². The molecule has 35 heavy (non-hydrogen) atoms. The van der Waals surface area contributed by atoms with Crippen LogP contribution in [0, 0.1) is 0 Å². The molecule has 2 aromatic rings. The predicted octanol–water partition coefficient (Wildman–Crippen LogP) is 5.41. The Kier molecular flexibility index (Phi) is 8.20. The third-order valence-electron chi connectivity index (χ3n) is 4.83. The van der Waals surface area contributed by atoms with E-state index in [1.165, 1.54) is 24.3 Å². The number of benzene rings is 2. The lowest BCUT2D eigenvalue weighted by Gasteiger charge is -2.32. The van der Waals surface area contributed by atoms with Crippen molar-refractivity contribution in [1.82, 2.24) is 10.6 Å². The fourth-order valence-electron chi connectivity index (χ4n) is 2.94. The van der Waals surface area contributed by atoms with Gasteiger partial charge in [0.1, 0.15) is 0 Å². The molecule has 0 aliphatic rings. The molecule has 4 N–H and O–H groups in total. The van der Waals surface area contributed by atoms with Crippen LogP contribution in [-0.4, -0.2) is 30.4 Å². The molecular weight excluding hydrogens is 497 g/mol. The van der Waals surface area contributed by atoms with E-state index in [0.29, 0.717) is 12.1 Å². The molecule has 1 atom stereocenters. The van der Waals surface area contributed by atoms with Crippen LogP contribution < -0.4 is 16.0 Å². The molecule has 194 valence electrons. The van der Waals surface area contributed by atoms with Gasteiger partial charge in [0.25, 0.3) is 0 Å². The summed E-state index contributed by atoms with van der Waals surface area (Å²) in [5.74, 6) is 0. The molecule has 14 heteroatoms. The van der Waals surface area contributed by atoms with Gasteiger partial charge in [0, 0.05) is 18.8 Å². The van der Waals surface area contributed by atoms with Crippen LogP contribution in [0.25, 0.3) is 0 Å². The fourth-order valence-corrected chi connectivity index (χ4v) is 2.94. The zero-order valence-corrected chi connectivity index (χ0v) is 17.9. The molecule has 0 saturated heterocycles. The first kappa shape index (κ1) is 28.1. The van der Waals surface area contributed by atoms with Gasteiger partial charge in [-0.15, -0.1) is 0 Å². The van der Waals surface area contributed by atoms with Crippen molar-refractivity contribution in [2.75, 3.05) is 18.4 Å². The van der Waals surface area contributed by atoms with E-state index in [9.17, 15) is 49.4 Å². The van der Waals surface area contributed by atoms with E-state index in [4.69, 9.17) is 0 Å². The van der Waals surface area contributed by atoms with Crippen LogP contribution in [-0.2, 0) is 24.5 Å². The molecule has 0 aromatic heterocycles. The van der Waals surface area contributed by atoms with Crippen LogP contribution in [0.3, 0.4) is 0 Å². The maximum absolute atomic E-state index is 13.8. The molecule has 0 spiro atoms. The minimum atomic E-state index is -5.64. The number of urea groups is 1. The van der Waals surface area contributed by atoms with Gasteiger partial charge in [-0.05, 0) is 48.4 Å². The quantitative estimate of drug-likeness (QED) is 0.372. The molecule has 0 unspecified atom stereocenters. The first-order chi connectivity index (χ1) is 16.0. The number of hydrogen-bond donors (Lipinski definition) is 4. The van der Waals surface area contributed by atoms with E-state index >= 15 is 0 Å². The SMILES string of the molecule is CCNC(=O)NCc1ccc(NC[C@@](O)(c2cc(C(F)(F)F)cc(C(F)(F)F)c2)C(F)(F)F)cc1. The maximum Gasteiger partial charge on any atom is 0.423 e. The summed E-state index contributed by atoms with van der Waals surface area (Å²) in [5.41, 5.74) is -9.17. The number of amides is 2. The van der Waals surface area contributed by atoms with Crippen LogP contribution in [0.1, 0.15) is 29.2 Å². The highest BCUT2D eigenvalue weighted by molar-refractivity contribution is 5.73. The zero-order valence-electron chi connectivity index (χ0n) is 17.9. The molecule has 0 aliphatic heterocycles. The van der Waals surface area contributed by atoms with Gasteiger partial charge in [0.15, 0.2) is 0 Å². The molecule has 0 radical (unpaired) electrons. The molecule has 2 rings (SSSR count). The van der Waals surface area contributed by atoms with Crippen LogP contribution in [0.2, 0.25) is 0 Å². The number of alkyl halides is 9. The topological polar surface area (TPSA) is 73.4 Å². The van der Waals surface area contributed by atoms with E-state index in [-0.39, 0.29) is 30.4 Å². The van der Waals surface area contributed by atoms with Gasteiger partial charge >= 0.3 is 24.6 Å². The van der Waals surface area contributed by atoms with Gasteiger partial charge in [-0.1, -0.05) is 12.1 Å². The largest absolute Gasteiger partial charge is 0.423 e. The van der Waals surface area contributed by atoms with E-state index in [0.717, 1.165) is 0 Å². The minimum absolute atomic E-state index is 0.0162. The Hall–Kier alpha value is -3.16. The first-order valence-corrected chi connectivity index (χ1v) is 9.91. The van der Waals surface area contributed by atoms with Crippen molar-refractivity contribution in [3.05, 3.63) is 64.7 Å². The second-order valence-corrected chi connectivity index (χ2v) is 7.42. The second-order valence-electron chi connectivity index (χ2n) is 7.42. The predicted molar refractivity (Wildman–Crippen MR) is 107 cm³/mol. The average molecular weight is 517 g/mol. The summed E-state index contributed by atoms with van der Waals surface area (Å²) in [7, 11) is 0. The average Bonchev–Trinajstić information content (AvgIpc) is 2.74. The van der Waals surface area contributed by atoms with Crippen molar-refractivity contribution >= 4 is 11.7 Å². The molecule has 2 aromatic carbocycles. The van der Waals surface area contributed by atoms with Crippen LogP contribution in [0.4, 0.5) is 50.0 Å². The lowest BCUT2D eigenvalue weighted by Crippen LogP contribution is -2.48. The van der Waals surface area contributed by atoms with E-state index in [1.807, 2.05) is 0 Å². The van der Waals surface area contributed by atoms with Crippen molar-refractivity contribution in [3.63, 3.8) is 0 Å². The summed E-state index contributed by atoms with van der Waals surface area (Å²) in [4.78, 5) is 11.4. The Labute approximate surface area is 193 Å². The summed E-state index contributed by atoms with van der Waals surface area (Å²) < 4.78 is 120. The number of rotatable bonds is 7. The summed E-state index contributed by atoms with van der Waals surface area (Å²) >= 11 is 0. The van der Waals surface area contributed by atoms with Crippen molar-refractivity contribution in [2.24, 2.45) is 0 Å². The third-order valence-corrected chi connectivity index (χ3v) is 4.83. The van der Waals surface area contributed by atoms with E-state index < -0.39 is 53.4 Å². The highest BCUT2D eigenvalue weighted by atomic mass is 19.4. The molecule has 0 fully saturated rings. The van der Waals surface area contributed by atoms with Gasteiger partial charge in [0.05, 0.1) is 17.7 Å². The molecule has 0 saturated carbocycles. The van der Waals surface area contributed by atoms with Gasteiger partial charge in [0.2, 0.25) is 5.60 Å². The van der Waals surface area contributed by atoms with E-state index in [2.05, 4.69) is 16.0 Å². The molecule has 0 heterocycles. The minimum Gasteiger partial charge on any atom is -0.381 e. The Morgan fingerprint density at radius 3 is 1.71 bits per heavy atom.